The Balaban J connectivity index is 2.18. The van der Waals surface area contributed by atoms with Gasteiger partial charge in [-0.15, -0.1) is 0 Å². The van der Waals surface area contributed by atoms with Crippen LogP contribution in [0.2, 0.25) is 0 Å². The number of aliphatic hydroxyl groups excluding tert-OH is 2. The Hall–Kier alpha value is -0.120. The molecule has 3 N–H and O–H groups in total. The SMILES string of the molecule is OCC(CO)CC1CCNCC1. The summed E-state index contributed by atoms with van der Waals surface area (Å²) in [5.41, 5.74) is 0. The second kappa shape index (κ2) is 5.51. The van der Waals surface area contributed by atoms with E-state index in [-0.39, 0.29) is 19.1 Å². The maximum atomic E-state index is 8.88. The minimum Gasteiger partial charge on any atom is -0.396 e. The molecule has 3 nitrogen and oxygen atoms in total. The largest absolute Gasteiger partial charge is 0.396 e. The fourth-order valence-corrected chi connectivity index (χ4v) is 1.80. The Morgan fingerprint density at radius 1 is 1.17 bits per heavy atom. The molecule has 0 unspecified atom stereocenters. The lowest BCUT2D eigenvalue weighted by atomic mass is 9.88. The zero-order valence-corrected chi connectivity index (χ0v) is 7.50. The molecule has 1 aliphatic heterocycles. The van der Waals surface area contributed by atoms with E-state index < -0.39 is 0 Å². The van der Waals surface area contributed by atoms with Crippen LogP contribution in [0.25, 0.3) is 0 Å². The number of aliphatic hydroxyl groups is 2. The lowest BCUT2D eigenvalue weighted by Gasteiger charge is -2.25. The van der Waals surface area contributed by atoms with Crippen molar-refractivity contribution in [3.05, 3.63) is 0 Å². The molecular formula is C9H19NO2. The third-order valence-electron chi connectivity index (χ3n) is 2.64. The number of rotatable bonds is 4. The summed E-state index contributed by atoms with van der Waals surface area (Å²) in [5, 5.41) is 21.1. The molecule has 72 valence electrons. The van der Waals surface area contributed by atoms with E-state index in [0.717, 1.165) is 19.5 Å². The number of hydrogen-bond donors (Lipinski definition) is 3. The first-order valence-corrected chi connectivity index (χ1v) is 4.79. The topological polar surface area (TPSA) is 52.5 Å². The molecule has 0 aromatic rings. The van der Waals surface area contributed by atoms with Crippen molar-refractivity contribution in [1.29, 1.82) is 0 Å². The summed E-state index contributed by atoms with van der Waals surface area (Å²) in [6.45, 7) is 2.43. The van der Waals surface area contributed by atoms with E-state index in [1.54, 1.807) is 0 Å². The zero-order valence-electron chi connectivity index (χ0n) is 7.50. The Kier molecular flexibility index (Phi) is 4.58. The highest BCUT2D eigenvalue weighted by atomic mass is 16.3. The zero-order chi connectivity index (χ0) is 8.81. The van der Waals surface area contributed by atoms with Gasteiger partial charge in [-0.25, -0.2) is 0 Å². The van der Waals surface area contributed by atoms with Crippen LogP contribution in [0, 0.1) is 11.8 Å². The smallest absolute Gasteiger partial charge is 0.0481 e. The van der Waals surface area contributed by atoms with Gasteiger partial charge in [-0.3, -0.25) is 0 Å². The summed E-state index contributed by atoms with van der Waals surface area (Å²) in [4.78, 5) is 0. The van der Waals surface area contributed by atoms with Gasteiger partial charge in [-0.1, -0.05) is 0 Å². The Morgan fingerprint density at radius 3 is 2.25 bits per heavy atom. The molecule has 0 spiro atoms. The first-order chi connectivity index (χ1) is 5.86. The molecule has 1 fully saturated rings. The highest BCUT2D eigenvalue weighted by Gasteiger charge is 2.17. The molecule has 0 saturated carbocycles. The highest BCUT2D eigenvalue weighted by molar-refractivity contribution is 4.71. The standard InChI is InChI=1S/C9H19NO2/c11-6-9(7-12)5-8-1-3-10-4-2-8/h8-12H,1-7H2. The van der Waals surface area contributed by atoms with Crippen molar-refractivity contribution < 1.29 is 10.2 Å². The van der Waals surface area contributed by atoms with Crippen molar-refractivity contribution in [2.24, 2.45) is 11.8 Å². The molecule has 1 heterocycles. The minimum absolute atomic E-state index is 0.105. The molecule has 1 aliphatic rings. The van der Waals surface area contributed by atoms with Crippen molar-refractivity contribution in [2.45, 2.75) is 19.3 Å². The minimum atomic E-state index is 0.105. The van der Waals surface area contributed by atoms with Crippen molar-refractivity contribution >= 4 is 0 Å². The highest BCUT2D eigenvalue weighted by Crippen LogP contribution is 2.20. The molecule has 3 heteroatoms. The summed E-state index contributed by atoms with van der Waals surface area (Å²) in [6, 6.07) is 0. The van der Waals surface area contributed by atoms with Crippen LogP contribution in [-0.2, 0) is 0 Å². The predicted octanol–water partition coefficient (Wildman–Crippen LogP) is -0.0231. The molecule has 0 aliphatic carbocycles. The maximum Gasteiger partial charge on any atom is 0.0481 e. The van der Waals surface area contributed by atoms with Gasteiger partial charge in [0.1, 0.15) is 0 Å². The Labute approximate surface area is 73.8 Å². The van der Waals surface area contributed by atoms with Gasteiger partial charge in [0.15, 0.2) is 0 Å². The van der Waals surface area contributed by atoms with Crippen LogP contribution in [0.15, 0.2) is 0 Å². The van der Waals surface area contributed by atoms with Crippen molar-refractivity contribution in [2.75, 3.05) is 26.3 Å². The third-order valence-corrected chi connectivity index (χ3v) is 2.64. The van der Waals surface area contributed by atoms with Crippen molar-refractivity contribution in [1.82, 2.24) is 5.32 Å². The summed E-state index contributed by atoms with van der Waals surface area (Å²) >= 11 is 0. The lowest BCUT2D eigenvalue weighted by Crippen LogP contribution is -2.29. The second-order valence-electron chi connectivity index (χ2n) is 3.66. The third kappa shape index (κ3) is 3.09. The fourth-order valence-electron chi connectivity index (χ4n) is 1.80. The molecule has 0 amide bonds. The van der Waals surface area contributed by atoms with Crippen molar-refractivity contribution in [3.63, 3.8) is 0 Å². The van der Waals surface area contributed by atoms with Gasteiger partial charge in [-0.05, 0) is 38.3 Å². The fraction of sp³-hybridized carbons (Fsp3) is 1.00. The molecule has 12 heavy (non-hydrogen) atoms. The molecule has 0 aromatic heterocycles. The van der Waals surface area contributed by atoms with Crippen LogP contribution in [0.4, 0.5) is 0 Å². The van der Waals surface area contributed by atoms with Crippen molar-refractivity contribution in [3.8, 4) is 0 Å². The number of nitrogens with one attached hydrogen (secondary N) is 1. The van der Waals surface area contributed by atoms with Gasteiger partial charge in [-0.2, -0.15) is 0 Å². The summed E-state index contributed by atoms with van der Waals surface area (Å²) in [5.74, 6) is 0.809. The van der Waals surface area contributed by atoms with Crippen LogP contribution >= 0.6 is 0 Å². The van der Waals surface area contributed by atoms with Gasteiger partial charge >= 0.3 is 0 Å². The average Bonchev–Trinajstić information content (AvgIpc) is 2.16. The molecule has 0 radical (unpaired) electrons. The second-order valence-corrected chi connectivity index (χ2v) is 3.66. The molecule has 0 bridgehead atoms. The van der Waals surface area contributed by atoms with E-state index in [1.807, 2.05) is 0 Å². The van der Waals surface area contributed by atoms with Crippen LogP contribution in [0.1, 0.15) is 19.3 Å². The van der Waals surface area contributed by atoms with Gasteiger partial charge in [0.05, 0.1) is 0 Å². The normalized spacial score (nSPS) is 20.2. The Morgan fingerprint density at radius 2 is 1.75 bits per heavy atom. The number of piperidine rings is 1. The first kappa shape index (κ1) is 9.96. The molecule has 0 atom stereocenters. The Bertz CT molecular complexity index is 109. The predicted molar refractivity (Wildman–Crippen MR) is 47.9 cm³/mol. The van der Waals surface area contributed by atoms with E-state index in [0.29, 0.717) is 5.92 Å². The van der Waals surface area contributed by atoms with Gasteiger partial charge in [0, 0.05) is 19.1 Å². The molecule has 0 aromatic carbocycles. The monoisotopic (exact) mass is 173 g/mol. The van der Waals surface area contributed by atoms with E-state index in [2.05, 4.69) is 5.32 Å². The van der Waals surface area contributed by atoms with E-state index in [9.17, 15) is 0 Å². The van der Waals surface area contributed by atoms with Gasteiger partial charge in [0.25, 0.3) is 0 Å². The van der Waals surface area contributed by atoms with Crippen LogP contribution in [-0.4, -0.2) is 36.5 Å². The first-order valence-electron chi connectivity index (χ1n) is 4.79. The van der Waals surface area contributed by atoms with Gasteiger partial charge in [0.2, 0.25) is 0 Å². The number of hydrogen-bond acceptors (Lipinski definition) is 3. The summed E-state index contributed by atoms with van der Waals surface area (Å²) < 4.78 is 0. The van der Waals surface area contributed by atoms with E-state index >= 15 is 0 Å². The molecular weight excluding hydrogens is 154 g/mol. The van der Waals surface area contributed by atoms with Crippen LogP contribution in [0.3, 0.4) is 0 Å². The summed E-state index contributed by atoms with van der Waals surface area (Å²) in [6.07, 6.45) is 3.36. The maximum absolute atomic E-state index is 8.88. The lowest BCUT2D eigenvalue weighted by molar-refractivity contribution is 0.123. The van der Waals surface area contributed by atoms with E-state index in [1.165, 1.54) is 12.8 Å². The van der Waals surface area contributed by atoms with Crippen LogP contribution in [0.5, 0.6) is 0 Å². The van der Waals surface area contributed by atoms with Crippen LogP contribution < -0.4 is 5.32 Å². The quantitative estimate of drug-likeness (QED) is 0.560. The summed E-state index contributed by atoms with van der Waals surface area (Å²) in [7, 11) is 0. The molecule has 1 saturated heterocycles. The van der Waals surface area contributed by atoms with E-state index in [4.69, 9.17) is 10.2 Å². The molecule has 1 rings (SSSR count). The van der Waals surface area contributed by atoms with Gasteiger partial charge < -0.3 is 15.5 Å². The average molecular weight is 173 g/mol.